The van der Waals surface area contributed by atoms with Gasteiger partial charge in [-0.05, 0) is 24.6 Å². The molecular weight excluding hydrogens is 288 g/mol. The summed E-state index contributed by atoms with van der Waals surface area (Å²) in [6.45, 7) is 2.50. The number of nitrogen functional groups attached to an aromatic ring is 1. The number of rotatable bonds is 4. The molecule has 1 amide bonds. The van der Waals surface area contributed by atoms with Crippen LogP contribution in [0.3, 0.4) is 0 Å². The van der Waals surface area contributed by atoms with Gasteiger partial charge in [-0.1, -0.05) is 41.4 Å². The summed E-state index contributed by atoms with van der Waals surface area (Å²) in [4.78, 5) is 18.1. The van der Waals surface area contributed by atoms with Crippen LogP contribution in [0.2, 0.25) is 5.02 Å². The lowest BCUT2D eigenvalue weighted by Gasteiger charge is -2.18. The van der Waals surface area contributed by atoms with E-state index in [2.05, 4.69) is 10.4 Å². The van der Waals surface area contributed by atoms with Gasteiger partial charge in [0.1, 0.15) is 11.5 Å². The van der Waals surface area contributed by atoms with E-state index in [1.54, 1.807) is 24.1 Å². The first-order chi connectivity index (χ1) is 10.0. The summed E-state index contributed by atoms with van der Waals surface area (Å²) < 4.78 is 0. The molecule has 0 saturated heterocycles. The predicted molar refractivity (Wildman–Crippen MR) is 84.0 cm³/mol. The summed E-state index contributed by atoms with van der Waals surface area (Å²) in [5.74, 6) is 5.45. The van der Waals surface area contributed by atoms with E-state index < -0.39 is 0 Å². The van der Waals surface area contributed by atoms with Crippen LogP contribution in [0.25, 0.3) is 0 Å². The van der Waals surface area contributed by atoms with E-state index in [4.69, 9.17) is 17.4 Å². The van der Waals surface area contributed by atoms with Crippen LogP contribution in [-0.4, -0.2) is 22.8 Å². The van der Waals surface area contributed by atoms with Crippen molar-refractivity contribution in [1.82, 2.24) is 9.88 Å². The number of hydrogen-bond donors (Lipinski definition) is 2. The SMILES string of the molecule is Cc1cccc(CN(C)C(=O)c2nc(NN)ccc2Cl)c1. The number of carbonyl (C=O) groups is 1. The zero-order valence-corrected chi connectivity index (χ0v) is 12.7. The number of nitrogens with zero attached hydrogens (tertiary/aromatic N) is 2. The van der Waals surface area contributed by atoms with Crippen LogP contribution in [0.1, 0.15) is 21.6 Å². The average Bonchev–Trinajstić information content (AvgIpc) is 2.47. The number of halogens is 1. The van der Waals surface area contributed by atoms with E-state index in [1.807, 2.05) is 31.2 Å². The number of hydrogen-bond acceptors (Lipinski definition) is 4. The Kier molecular flexibility index (Phi) is 4.77. The standard InChI is InChI=1S/C15H17ClN4O/c1-10-4-3-5-11(8-10)9-20(2)15(21)14-12(16)6-7-13(18-14)19-17/h3-8H,9,17H2,1-2H3,(H,18,19). The van der Waals surface area contributed by atoms with Gasteiger partial charge in [-0.2, -0.15) is 0 Å². The van der Waals surface area contributed by atoms with Gasteiger partial charge in [-0.25, -0.2) is 10.8 Å². The van der Waals surface area contributed by atoms with E-state index in [0.717, 1.165) is 11.1 Å². The Bertz CT molecular complexity index is 660. The van der Waals surface area contributed by atoms with Crippen molar-refractivity contribution in [3.8, 4) is 0 Å². The smallest absolute Gasteiger partial charge is 0.274 e. The monoisotopic (exact) mass is 304 g/mol. The van der Waals surface area contributed by atoms with Gasteiger partial charge in [0.2, 0.25) is 0 Å². The van der Waals surface area contributed by atoms with Crippen LogP contribution in [0.15, 0.2) is 36.4 Å². The molecule has 21 heavy (non-hydrogen) atoms. The molecule has 3 N–H and O–H groups in total. The van der Waals surface area contributed by atoms with Crippen LogP contribution in [0.5, 0.6) is 0 Å². The highest BCUT2D eigenvalue weighted by Gasteiger charge is 2.17. The molecule has 110 valence electrons. The third-order valence-corrected chi connectivity index (χ3v) is 3.35. The van der Waals surface area contributed by atoms with E-state index >= 15 is 0 Å². The maximum Gasteiger partial charge on any atom is 0.274 e. The van der Waals surface area contributed by atoms with Gasteiger partial charge in [0.15, 0.2) is 0 Å². The molecule has 0 aliphatic carbocycles. The van der Waals surface area contributed by atoms with Crippen molar-refractivity contribution in [1.29, 1.82) is 0 Å². The first-order valence-electron chi connectivity index (χ1n) is 6.45. The number of hydrazine groups is 1. The largest absolute Gasteiger partial charge is 0.336 e. The zero-order valence-electron chi connectivity index (χ0n) is 11.9. The predicted octanol–water partition coefficient (Wildman–Crippen LogP) is 2.60. The molecule has 1 heterocycles. The second kappa shape index (κ2) is 6.56. The van der Waals surface area contributed by atoms with E-state index in [0.29, 0.717) is 17.4 Å². The fourth-order valence-electron chi connectivity index (χ4n) is 2.01. The van der Waals surface area contributed by atoms with Crippen molar-refractivity contribution in [2.24, 2.45) is 5.84 Å². The summed E-state index contributed by atoms with van der Waals surface area (Å²) in [5, 5.41) is 0.301. The molecule has 6 heteroatoms. The van der Waals surface area contributed by atoms with Crippen molar-refractivity contribution in [3.05, 3.63) is 58.2 Å². The molecule has 0 bridgehead atoms. The highest BCUT2D eigenvalue weighted by Crippen LogP contribution is 2.18. The lowest BCUT2D eigenvalue weighted by atomic mass is 10.1. The number of aromatic nitrogens is 1. The molecule has 0 radical (unpaired) electrons. The van der Waals surface area contributed by atoms with Crippen LogP contribution in [0, 0.1) is 6.92 Å². The second-order valence-corrected chi connectivity index (χ2v) is 5.23. The molecule has 0 aliphatic rings. The maximum atomic E-state index is 12.4. The van der Waals surface area contributed by atoms with Crippen LogP contribution >= 0.6 is 11.6 Å². The first-order valence-corrected chi connectivity index (χ1v) is 6.83. The van der Waals surface area contributed by atoms with Crippen LogP contribution in [0.4, 0.5) is 5.82 Å². The summed E-state index contributed by atoms with van der Waals surface area (Å²) in [5.41, 5.74) is 4.79. The van der Waals surface area contributed by atoms with Crippen molar-refractivity contribution in [2.45, 2.75) is 13.5 Å². The minimum Gasteiger partial charge on any atom is -0.336 e. The molecule has 1 aromatic heterocycles. The van der Waals surface area contributed by atoms with Gasteiger partial charge >= 0.3 is 0 Å². The fourth-order valence-corrected chi connectivity index (χ4v) is 2.20. The van der Waals surface area contributed by atoms with Gasteiger partial charge in [0.05, 0.1) is 5.02 Å². The van der Waals surface area contributed by atoms with Crippen molar-refractivity contribution in [2.75, 3.05) is 12.5 Å². The number of nitrogens with one attached hydrogen (secondary N) is 1. The molecule has 0 spiro atoms. The van der Waals surface area contributed by atoms with Gasteiger partial charge in [-0.3, -0.25) is 4.79 Å². The lowest BCUT2D eigenvalue weighted by molar-refractivity contribution is 0.0779. The highest BCUT2D eigenvalue weighted by atomic mass is 35.5. The van der Waals surface area contributed by atoms with E-state index in [9.17, 15) is 4.79 Å². The topological polar surface area (TPSA) is 71.2 Å². The van der Waals surface area contributed by atoms with Crippen LogP contribution < -0.4 is 11.3 Å². The number of nitrogens with two attached hydrogens (primary N) is 1. The van der Waals surface area contributed by atoms with Gasteiger partial charge in [-0.15, -0.1) is 0 Å². The molecule has 0 fully saturated rings. The maximum absolute atomic E-state index is 12.4. The quantitative estimate of drug-likeness (QED) is 0.673. The van der Waals surface area contributed by atoms with Crippen molar-refractivity contribution >= 4 is 23.3 Å². The Morgan fingerprint density at radius 3 is 2.81 bits per heavy atom. The Balaban J connectivity index is 2.19. The average molecular weight is 305 g/mol. The molecule has 2 aromatic rings. The summed E-state index contributed by atoms with van der Waals surface area (Å²) >= 11 is 6.04. The minimum atomic E-state index is -0.251. The zero-order chi connectivity index (χ0) is 15.4. The molecule has 0 atom stereocenters. The Morgan fingerprint density at radius 1 is 1.38 bits per heavy atom. The number of benzene rings is 1. The summed E-state index contributed by atoms with van der Waals surface area (Å²) in [7, 11) is 1.71. The molecule has 0 saturated carbocycles. The number of amides is 1. The van der Waals surface area contributed by atoms with Crippen LogP contribution in [-0.2, 0) is 6.54 Å². The third-order valence-electron chi connectivity index (χ3n) is 3.05. The third kappa shape index (κ3) is 3.71. The second-order valence-electron chi connectivity index (χ2n) is 4.82. The van der Waals surface area contributed by atoms with Gasteiger partial charge in [0, 0.05) is 13.6 Å². The Hall–Kier alpha value is -2.11. The number of pyridine rings is 1. The molecule has 0 aliphatic heterocycles. The lowest BCUT2D eigenvalue weighted by Crippen LogP contribution is -2.27. The van der Waals surface area contributed by atoms with E-state index in [-0.39, 0.29) is 11.6 Å². The number of anilines is 1. The summed E-state index contributed by atoms with van der Waals surface area (Å²) in [6.07, 6.45) is 0. The molecule has 2 rings (SSSR count). The normalized spacial score (nSPS) is 10.3. The number of carbonyl (C=O) groups excluding carboxylic acids is 1. The van der Waals surface area contributed by atoms with E-state index in [1.165, 1.54) is 0 Å². The fraction of sp³-hybridized carbons (Fsp3) is 0.200. The van der Waals surface area contributed by atoms with Gasteiger partial charge < -0.3 is 10.3 Å². The molecule has 5 nitrogen and oxygen atoms in total. The first kappa shape index (κ1) is 15.3. The highest BCUT2D eigenvalue weighted by molar-refractivity contribution is 6.33. The number of aryl methyl sites for hydroxylation is 1. The minimum absolute atomic E-state index is 0.183. The van der Waals surface area contributed by atoms with Gasteiger partial charge in [0.25, 0.3) is 5.91 Å². The Morgan fingerprint density at radius 2 is 2.14 bits per heavy atom. The summed E-state index contributed by atoms with van der Waals surface area (Å²) in [6, 6.07) is 11.2. The Labute approximate surface area is 128 Å². The van der Waals surface area contributed by atoms with Crippen molar-refractivity contribution in [3.63, 3.8) is 0 Å². The molecule has 1 aromatic carbocycles. The molecular formula is C15H17ClN4O. The molecule has 0 unspecified atom stereocenters. The van der Waals surface area contributed by atoms with Crippen molar-refractivity contribution < 1.29 is 4.79 Å².